The van der Waals surface area contributed by atoms with Gasteiger partial charge in [0.15, 0.2) is 12.4 Å². The van der Waals surface area contributed by atoms with E-state index >= 15 is 0 Å². The Bertz CT molecular complexity index is 1420. The Morgan fingerprint density at radius 2 is 1.38 bits per heavy atom. The van der Waals surface area contributed by atoms with E-state index in [0.29, 0.717) is 24.1 Å². The summed E-state index contributed by atoms with van der Waals surface area (Å²) in [4.78, 5) is 64.5. The predicted octanol–water partition coefficient (Wildman–Crippen LogP) is 5.39. The number of ether oxygens (including phenoxy) is 2. The Labute approximate surface area is 233 Å². The molecule has 1 aliphatic carbocycles. The molecule has 2 unspecified atom stereocenters. The molecule has 0 spiro atoms. The number of fused-ring (bicyclic) bond motifs is 1. The van der Waals surface area contributed by atoms with Crippen molar-refractivity contribution < 1.29 is 33.4 Å². The number of carbonyl (C=O) groups excluding carboxylic acids is 5. The molecular weight excluding hydrogens is 566 g/mol. The van der Waals surface area contributed by atoms with Crippen LogP contribution in [-0.4, -0.2) is 36.1 Å². The van der Waals surface area contributed by atoms with E-state index < -0.39 is 24.3 Å². The number of halogens is 1. The van der Waals surface area contributed by atoms with Crippen LogP contribution in [-0.2, 0) is 14.3 Å². The Morgan fingerprint density at radius 1 is 0.769 bits per heavy atom. The minimum absolute atomic E-state index is 0.131. The number of ketones is 1. The second-order valence-electron chi connectivity index (χ2n) is 9.48. The number of benzene rings is 3. The van der Waals surface area contributed by atoms with Gasteiger partial charge in [-0.2, -0.15) is 0 Å². The van der Waals surface area contributed by atoms with Crippen molar-refractivity contribution in [2.75, 3.05) is 11.5 Å². The predicted molar refractivity (Wildman–Crippen MR) is 145 cm³/mol. The first kappa shape index (κ1) is 26.5. The summed E-state index contributed by atoms with van der Waals surface area (Å²) in [6.45, 7) is -0.507. The highest BCUT2D eigenvalue weighted by Crippen LogP contribution is 2.40. The molecule has 198 valence electrons. The van der Waals surface area contributed by atoms with Crippen LogP contribution in [0.2, 0.25) is 0 Å². The lowest BCUT2D eigenvalue weighted by Crippen LogP contribution is -2.31. The number of hydrogen-bond donors (Lipinski definition) is 0. The van der Waals surface area contributed by atoms with Crippen molar-refractivity contribution >= 4 is 51.2 Å². The molecule has 2 atom stereocenters. The molecule has 39 heavy (non-hydrogen) atoms. The molecule has 5 rings (SSSR count). The number of Topliss-reactive ketones (excluding diaryl/α,β-unsaturated/α-hetero) is 1. The van der Waals surface area contributed by atoms with Crippen LogP contribution in [0.5, 0.6) is 5.75 Å². The summed E-state index contributed by atoms with van der Waals surface area (Å²) < 4.78 is 11.4. The molecule has 2 fully saturated rings. The molecule has 0 aromatic heterocycles. The third-order valence-corrected chi connectivity index (χ3v) is 7.51. The highest BCUT2D eigenvalue weighted by Gasteiger charge is 2.48. The number of esters is 2. The van der Waals surface area contributed by atoms with Gasteiger partial charge in [-0.1, -0.05) is 34.8 Å². The van der Waals surface area contributed by atoms with Crippen molar-refractivity contribution in [1.29, 1.82) is 0 Å². The number of anilines is 1. The first-order chi connectivity index (χ1) is 18.8. The zero-order chi connectivity index (χ0) is 27.5. The molecule has 1 heterocycles. The summed E-state index contributed by atoms with van der Waals surface area (Å²) in [6, 6.07) is 18.8. The summed E-state index contributed by atoms with van der Waals surface area (Å²) in [6.07, 6.45) is 3.25. The van der Waals surface area contributed by atoms with Gasteiger partial charge in [0.25, 0.3) is 0 Å². The third kappa shape index (κ3) is 5.68. The van der Waals surface area contributed by atoms with Crippen LogP contribution in [0.3, 0.4) is 0 Å². The van der Waals surface area contributed by atoms with E-state index in [2.05, 4.69) is 15.9 Å². The number of rotatable bonds is 7. The van der Waals surface area contributed by atoms with Crippen molar-refractivity contribution in [2.45, 2.75) is 25.7 Å². The monoisotopic (exact) mass is 589 g/mol. The molecule has 9 heteroatoms. The Morgan fingerprint density at radius 3 is 2.03 bits per heavy atom. The Hall–Kier alpha value is -4.11. The average Bonchev–Trinajstić information content (AvgIpc) is 3.21. The fraction of sp³-hybridized carbons (Fsp3) is 0.233. The van der Waals surface area contributed by atoms with Gasteiger partial charge in [-0.05, 0) is 79.6 Å². The fourth-order valence-electron chi connectivity index (χ4n) is 4.95. The van der Waals surface area contributed by atoms with Crippen molar-refractivity contribution in [3.63, 3.8) is 0 Å². The lowest BCUT2D eigenvalue weighted by atomic mass is 9.81. The molecule has 0 radical (unpaired) electrons. The van der Waals surface area contributed by atoms with Crippen LogP contribution in [0, 0.1) is 11.8 Å². The first-order valence-corrected chi connectivity index (χ1v) is 13.4. The van der Waals surface area contributed by atoms with Gasteiger partial charge in [0, 0.05) is 10.0 Å². The standard InChI is InChI=1S/C30H24BrNO7/c31-21-12-8-19(9-13-21)30(37)39-23-14-10-18(11-15-23)26(33)17-38-29(36)20-4-3-5-22(16-20)32-27(34)24-6-1-2-7-25(24)28(32)35/h3-5,8-16,24-25H,1-2,6-7,17H2. The molecule has 1 aliphatic heterocycles. The number of amides is 2. The molecule has 3 aromatic carbocycles. The molecule has 8 nitrogen and oxygen atoms in total. The number of carbonyl (C=O) groups is 5. The summed E-state index contributed by atoms with van der Waals surface area (Å²) in [7, 11) is 0. The van der Waals surface area contributed by atoms with Crippen molar-refractivity contribution in [1.82, 2.24) is 0 Å². The lowest BCUT2D eigenvalue weighted by Gasteiger charge is -2.19. The van der Waals surface area contributed by atoms with E-state index in [1.165, 1.54) is 41.3 Å². The van der Waals surface area contributed by atoms with Gasteiger partial charge in [0.05, 0.1) is 28.7 Å². The summed E-state index contributed by atoms with van der Waals surface area (Å²) in [5, 5.41) is 0. The zero-order valence-corrected chi connectivity index (χ0v) is 22.4. The summed E-state index contributed by atoms with van der Waals surface area (Å²) >= 11 is 3.31. The van der Waals surface area contributed by atoms with Gasteiger partial charge in [-0.25, -0.2) is 9.59 Å². The highest BCUT2D eigenvalue weighted by molar-refractivity contribution is 9.10. The van der Waals surface area contributed by atoms with E-state index in [4.69, 9.17) is 9.47 Å². The van der Waals surface area contributed by atoms with Gasteiger partial charge in [0.1, 0.15) is 5.75 Å². The van der Waals surface area contributed by atoms with Gasteiger partial charge < -0.3 is 9.47 Å². The van der Waals surface area contributed by atoms with E-state index in [0.717, 1.165) is 17.3 Å². The molecule has 0 bridgehead atoms. The smallest absolute Gasteiger partial charge is 0.343 e. The Kier molecular flexibility index (Phi) is 7.70. The first-order valence-electron chi connectivity index (χ1n) is 12.6. The van der Waals surface area contributed by atoms with Crippen LogP contribution in [0.4, 0.5) is 5.69 Å². The van der Waals surface area contributed by atoms with Crippen molar-refractivity contribution in [2.24, 2.45) is 11.8 Å². The molecule has 3 aromatic rings. The van der Waals surface area contributed by atoms with Crippen LogP contribution < -0.4 is 9.64 Å². The number of hydrogen-bond acceptors (Lipinski definition) is 7. The largest absolute Gasteiger partial charge is 0.454 e. The second-order valence-corrected chi connectivity index (χ2v) is 10.4. The minimum atomic E-state index is -0.748. The molecule has 2 amide bonds. The summed E-state index contributed by atoms with van der Waals surface area (Å²) in [5.74, 6) is -2.51. The molecular formula is C30H24BrNO7. The average molecular weight is 590 g/mol. The van der Waals surface area contributed by atoms with Gasteiger partial charge in [-0.15, -0.1) is 0 Å². The fourth-order valence-corrected chi connectivity index (χ4v) is 5.21. The van der Waals surface area contributed by atoms with Gasteiger partial charge in [-0.3, -0.25) is 19.3 Å². The number of nitrogens with zero attached hydrogens (tertiary/aromatic N) is 1. The maximum absolute atomic E-state index is 12.9. The van der Waals surface area contributed by atoms with Crippen molar-refractivity contribution in [3.05, 3.63) is 94.0 Å². The molecule has 1 saturated carbocycles. The van der Waals surface area contributed by atoms with Crippen LogP contribution in [0.25, 0.3) is 0 Å². The van der Waals surface area contributed by atoms with Crippen LogP contribution in [0.15, 0.2) is 77.3 Å². The van der Waals surface area contributed by atoms with E-state index in [1.807, 2.05) is 0 Å². The van der Waals surface area contributed by atoms with E-state index in [9.17, 15) is 24.0 Å². The Balaban J connectivity index is 1.18. The van der Waals surface area contributed by atoms with Gasteiger partial charge in [0.2, 0.25) is 11.8 Å². The van der Waals surface area contributed by atoms with Crippen molar-refractivity contribution in [3.8, 4) is 5.75 Å². The van der Waals surface area contributed by atoms with E-state index in [1.54, 1.807) is 36.4 Å². The molecule has 2 aliphatic rings. The summed E-state index contributed by atoms with van der Waals surface area (Å²) in [5.41, 5.74) is 1.11. The minimum Gasteiger partial charge on any atom is -0.454 e. The zero-order valence-electron chi connectivity index (χ0n) is 20.8. The SMILES string of the molecule is O=C(COC(=O)c1cccc(N2C(=O)C3CCCCC3C2=O)c1)c1ccc(OC(=O)c2ccc(Br)cc2)cc1. The van der Waals surface area contributed by atoms with Crippen LogP contribution >= 0.6 is 15.9 Å². The number of imide groups is 1. The quantitative estimate of drug-likeness (QED) is 0.157. The second kappa shape index (κ2) is 11.3. The maximum Gasteiger partial charge on any atom is 0.343 e. The van der Waals surface area contributed by atoms with Gasteiger partial charge >= 0.3 is 11.9 Å². The maximum atomic E-state index is 12.9. The molecule has 1 saturated heterocycles. The topological polar surface area (TPSA) is 107 Å². The van der Waals surface area contributed by atoms with Crippen LogP contribution in [0.1, 0.15) is 56.8 Å². The highest BCUT2D eigenvalue weighted by atomic mass is 79.9. The van der Waals surface area contributed by atoms with E-state index in [-0.39, 0.29) is 40.5 Å². The normalized spacial score (nSPS) is 18.4. The molecule has 0 N–H and O–H groups in total. The lowest BCUT2D eigenvalue weighted by molar-refractivity contribution is -0.122. The third-order valence-electron chi connectivity index (χ3n) is 6.98.